The van der Waals surface area contributed by atoms with Crippen LogP contribution in [-0.4, -0.2) is 18.6 Å². The maximum atomic E-state index is 12.9. The van der Waals surface area contributed by atoms with Crippen molar-refractivity contribution in [2.24, 2.45) is 0 Å². The average molecular weight is 394 g/mol. The van der Waals surface area contributed by atoms with Crippen molar-refractivity contribution in [1.29, 1.82) is 0 Å². The Bertz CT molecular complexity index is 947. The van der Waals surface area contributed by atoms with E-state index in [1.807, 2.05) is 0 Å². The molecule has 0 spiro atoms. The predicted octanol–water partition coefficient (Wildman–Crippen LogP) is 4.16. The van der Waals surface area contributed by atoms with E-state index in [4.69, 9.17) is 9.15 Å². The number of amides is 2. The van der Waals surface area contributed by atoms with Crippen molar-refractivity contribution in [1.82, 2.24) is 10.6 Å². The molecular weight excluding hydrogens is 377 g/mol. The predicted molar refractivity (Wildman–Crippen MR) is 92.9 cm³/mol. The number of hydrogen-bond acceptors (Lipinski definition) is 4. The molecule has 1 atom stereocenters. The molecule has 0 unspecified atom stereocenters. The molecule has 1 aliphatic rings. The molecule has 2 amide bonds. The molecule has 9 heteroatoms. The second-order valence-electron chi connectivity index (χ2n) is 6.07. The fourth-order valence-electron chi connectivity index (χ4n) is 2.90. The normalized spacial score (nSPS) is 17.2. The Hall–Kier alpha value is -3.23. The van der Waals surface area contributed by atoms with Gasteiger partial charge in [0, 0.05) is 11.3 Å². The first-order chi connectivity index (χ1) is 13.2. The minimum atomic E-state index is -4.48. The molecule has 6 nitrogen and oxygen atoms in total. The molecule has 1 aromatic heterocycles. The molecule has 0 bridgehead atoms. The molecule has 0 aliphatic carbocycles. The van der Waals surface area contributed by atoms with Crippen LogP contribution in [0.5, 0.6) is 0 Å². The van der Waals surface area contributed by atoms with Gasteiger partial charge in [0.05, 0.1) is 17.7 Å². The maximum absolute atomic E-state index is 12.9. The molecule has 0 saturated carbocycles. The summed E-state index contributed by atoms with van der Waals surface area (Å²) in [6, 6.07) is 6.21. The lowest BCUT2D eigenvalue weighted by Gasteiger charge is -2.26. The van der Waals surface area contributed by atoms with Crippen LogP contribution in [0, 0.1) is 0 Å². The van der Waals surface area contributed by atoms with Crippen molar-refractivity contribution in [3.05, 3.63) is 59.0 Å². The minimum absolute atomic E-state index is 0.143. The van der Waals surface area contributed by atoms with E-state index in [-0.39, 0.29) is 29.3 Å². The van der Waals surface area contributed by atoms with Crippen molar-refractivity contribution >= 4 is 12.0 Å². The molecule has 0 fully saturated rings. The number of urea groups is 1. The topological polar surface area (TPSA) is 80.6 Å². The molecule has 2 aromatic rings. The molecule has 3 rings (SSSR count). The van der Waals surface area contributed by atoms with E-state index in [1.165, 1.54) is 24.3 Å². The first-order valence-electron chi connectivity index (χ1n) is 8.43. The van der Waals surface area contributed by atoms with E-state index >= 15 is 0 Å². The zero-order chi connectivity index (χ0) is 20.5. The Morgan fingerprint density at radius 2 is 2.00 bits per heavy atom. The van der Waals surface area contributed by atoms with Crippen molar-refractivity contribution in [2.75, 3.05) is 6.61 Å². The van der Waals surface area contributed by atoms with Crippen LogP contribution in [0.3, 0.4) is 0 Å². The Kier molecular flexibility index (Phi) is 5.17. The molecule has 2 heterocycles. The van der Waals surface area contributed by atoms with Crippen LogP contribution < -0.4 is 10.6 Å². The van der Waals surface area contributed by atoms with Gasteiger partial charge in [-0.15, -0.1) is 0 Å². The number of esters is 1. The van der Waals surface area contributed by atoms with Gasteiger partial charge < -0.3 is 19.8 Å². The quantitative estimate of drug-likeness (QED) is 0.764. The number of carbonyl (C=O) groups is 2. The first-order valence-corrected chi connectivity index (χ1v) is 8.43. The number of alkyl halides is 3. The zero-order valence-corrected chi connectivity index (χ0v) is 15.0. The van der Waals surface area contributed by atoms with Crippen molar-refractivity contribution in [2.45, 2.75) is 26.1 Å². The highest BCUT2D eigenvalue weighted by Gasteiger charge is 2.34. The van der Waals surface area contributed by atoms with E-state index in [2.05, 4.69) is 10.6 Å². The average Bonchev–Trinajstić information content (AvgIpc) is 3.10. The summed E-state index contributed by atoms with van der Waals surface area (Å²) in [5.41, 5.74) is -0.114. The van der Waals surface area contributed by atoms with Crippen molar-refractivity contribution < 1.29 is 31.9 Å². The van der Waals surface area contributed by atoms with Crippen LogP contribution in [0.15, 0.2) is 52.1 Å². The van der Waals surface area contributed by atoms with Gasteiger partial charge >= 0.3 is 18.2 Å². The second-order valence-corrected chi connectivity index (χ2v) is 6.07. The van der Waals surface area contributed by atoms with Crippen LogP contribution in [0.4, 0.5) is 18.0 Å². The third-order valence-corrected chi connectivity index (χ3v) is 4.15. The molecule has 1 aromatic carbocycles. The number of halogens is 3. The molecule has 2 N–H and O–H groups in total. The van der Waals surface area contributed by atoms with Crippen molar-refractivity contribution in [3.63, 3.8) is 0 Å². The number of furan rings is 1. The van der Waals surface area contributed by atoms with E-state index in [0.29, 0.717) is 5.70 Å². The van der Waals surface area contributed by atoms with Crippen LogP contribution in [0.1, 0.15) is 31.2 Å². The zero-order valence-electron chi connectivity index (χ0n) is 15.0. The number of ether oxygens (including phenoxy) is 1. The summed E-state index contributed by atoms with van der Waals surface area (Å²) in [6.45, 7) is 3.34. The summed E-state index contributed by atoms with van der Waals surface area (Å²) in [4.78, 5) is 24.1. The minimum Gasteiger partial charge on any atom is -0.463 e. The molecule has 148 valence electrons. The van der Waals surface area contributed by atoms with Gasteiger partial charge in [-0.05, 0) is 38.1 Å². The Morgan fingerprint density at radius 1 is 1.25 bits per heavy atom. The lowest BCUT2D eigenvalue weighted by molar-refractivity contribution is -0.139. The van der Waals surface area contributed by atoms with Crippen LogP contribution >= 0.6 is 0 Å². The van der Waals surface area contributed by atoms with Gasteiger partial charge in [0.15, 0.2) is 0 Å². The van der Waals surface area contributed by atoms with E-state index < -0.39 is 29.8 Å². The van der Waals surface area contributed by atoms with Crippen LogP contribution in [0.2, 0.25) is 0 Å². The lowest BCUT2D eigenvalue weighted by atomic mass is 10.0. The third-order valence-electron chi connectivity index (χ3n) is 4.15. The summed E-state index contributed by atoms with van der Waals surface area (Å²) in [6.07, 6.45) is -4.48. The van der Waals surface area contributed by atoms with Gasteiger partial charge in [0.1, 0.15) is 17.6 Å². The van der Waals surface area contributed by atoms with Gasteiger partial charge in [0.2, 0.25) is 0 Å². The summed E-state index contributed by atoms with van der Waals surface area (Å²) >= 11 is 0. The van der Waals surface area contributed by atoms with Crippen LogP contribution in [0.25, 0.3) is 11.3 Å². The van der Waals surface area contributed by atoms with Gasteiger partial charge in [0.25, 0.3) is 0 Å². The molecule has 28 heavy (non-hydrogen) atoms. The van der Waals surface area contributed by atoms with Crippen molar-refractivity contribution in [3.8, 4) is 11.3 Å². The molecular formula is C19H17F3N2O4. The fourth-order valence-corrected chi connectivity index (χ4v) is 2.90. The standard InChI is InChI=1S/C19H17F3N2O4/c1-3-27-17(25)15-10(2)23-18(26)24-16(15)14-8-7-13(28-14)11-5-4-6-12(9-11)19(20,21)22/h4-9,16H,3H2,1-2H3,(H2,23,24,26)/t16-/m1/s1. The Labute approximate surface area is 158 Å². The number of nitrogens with one attached hydrogen (secondary N) is 2. The monoisotopic (exact) mass is 394 g/mol. The number of benzene rings is 1. The number of rotatable bonds is 4. The molecule has 0 saturated heterocycles. The first kappa shape index (κ1) is 19.5. The highest BCUT2D eigenvalue weighted by molar-refractivity contribution is 5.94. The molecule has 1 aliphatic heterocycles. The second kappa shape index (κ2) is 7.41. The number of carbonyl (C=O) groups excluding carboxylic acids is 2. The Balaban J connectivity index is 1.97. The third kappa shape index (κ3) is 3.88. The Morgan fingerprint density at radius 3 is 2.68 bits per heavy atom. The molecule has 0 radical (unpaired) electrons. The number of allylic oxidation sites excluding steroid dienone is 1. The van der Waals surface area contributed by atoms with E-state index in [9.17, 15) is 22.8 Å². The smallest absolute Gasteiger partial charge is 0.416 e. The lowest BCUT2D eigenvalue weighted by Crippen LogP contribution is -2.45. The SMILES string of the molecule is CCOC(=O)C1=C(C)NC(=O)N[C@@H]1c1ccc(-c2cccc(C(F)(F)F)c2)o1. The van der Waals surface area contributed by atoms with Gasteiger partial charge in [-0.2, -0.15) is 13.2 Å². The summed E-state index contributed by atoms with van der Waals surface area (Å²) in [5, 5.41) is 5.06. The summed E-state index contributed by atoms with van der Waals surface area (Å²) in [7, 11) is 0. The maximum Gasteiger partial charge on any atom is 0.416 e. The van der Waals surface area contributed by atoms with E-state index in [0.717, 1.165) is 12.1 Å². The highest BCUT2D eigenvalue weighted by Crippen LogP contribution is 2.35. The van der Waals surface area contributed by atoms with E-state index in [1.54, 1.807) is 13.8 Å². The fraction of sp³-hybridized carbons (Fsp3) is 0.263. The van der Waals surface area contributed by atoms with Gasteiger partial charge in [-0.25, -0.2) is 9.59 Å². The largest absolute Gasteiger partial charge is 0.463 e. The highest BCUT2D eigenvalue weighted by atomic mass is 19.4. The van der Waals surface area contributed by atoms with Gasteiger partial charge in [-0.3, -0.25) is 0 Å². The van der Waals surface area contributed by atoms with Gasteiger partial charge in [-0.1, -0.05) is 12.1 Å². The van der Waals surface area contributed by atoms with Crippen LogP contribution in [-0.2, 0) is 15.7 Å². The summed E-state index contributed by atoms with van der Waals surface area (Å²) < 4.78 is 49.5. The number of hydrogen-bond donors (Lipinski definition) is 2. The summed E-state index contributed by atoms with van der Waals surface area (Å²) in [5.74, 6) is -0.256.